The van der Waals surface area contributed by atoms with Crippen LogP contribution in [-0.4, -0.2) is 46.9 Å². The molecule has 0 unspecified atom stereocenters. The van der Waals surface area contributed by atoms with Gasteiger partial charge in [0.05, 0.1) is 26.9 Å². The van der Waals surface area contributed by atoms with E-state index in [0.29, 0.717) is 31.9 Å². The molecule has 0 aliphatic heterocycles. The largest absolute Gasteiger partial charge is 0.493 e. The van der Waals surface area contributed by atoms with Crippen molar-refractivity contribution >= 4 is 6.29 Å². The Kier molecular flexibility index (Phi) is 7.60. The van der Waals surface area contributed by atoms with Crippen LogP contribution in [0.5, 0.6) is 0 Å². The first kappa shape index (κ1) is 16.4. The van der Waals surface area contributed by atoms with Gasteiger partial charge in [-0.1, -0.05) is 0 Å². The van der Waals surface area contributed by atoms with Crippen LogP contribution in [0.1, 0.15) is 6.42 Å². The van der Waals surface area contributed by atoms with E-state index in [1.807, 2.05) is 0 Å². The zero-order valence-electron chi connectivity index (χ0n) is 11.7. The summed E-state index contributed by atoms with van der Waals surface area (Å²) < 4.78 is 34.3. The van der Waals surface area contributed by atoms with Crippen LogP contribution in [0, 0.1) is 0 Å². The maximum absolute atomic E-state index is 13.7. The van der Waals surface area contributed by atoms with Crippen LogP contribution in [0.25, 0.3) is 0 Å². The van der Waals surface area contributed by atoms with E-state index in [1.165, 1.54) is 7.11 Å². The van der Waals surface area contributed by atoms with Gasteiger partial charge in [0.25, 0.3) is 0 Å². The first-order valence-corrected chi connectivity index (χ1v) is 6.22. The number of carbonyl (C=O) groups is 1. The minimum Gasteiger partial charge on any atom is -0.493 e. The fourth-order valence-electron chi connectivity index (χ4n) is 1.54. The number of halogens is 1. The third-order valence-corrected chi connectivity index (χ3v) is 2.59. The first-order valence-electron chi connectivity index (χ1n) is 6.22. The summed E-state index contributed by atoms with van der Waals surface area (Å²) in [5, 5.41) is 0. The van der Waals surface area contributed by atoms with E-state index in [9.17, 15) is 9.18 Å². The Bertz CT molecular complexity index is 412. The molecule has 0 aromatic carbocycles. The smallest absolute Gasteiger partial charge is 0.163 e. The molecular weight excluding hydrogens is 267 g/mol. The molecule has 6 heteroatoms. The Morgan fingerprint density at radius 1 is 1.20 bits per heavy atom. The normalized spacial score (nSPS) is 15.3. The molecule has 0 heterocycles. The fraction of sp³-hybridized carbons (Fsp3) is 0.500. The Morgan fingerprint density at radius 2 is 1.95 bits per heavy atom. The van der Waals surface area contributed by atoms with Crippen LogP contribution in [-0.2, 0) is 23.7 Å². The summed E-state index contributed by atoms with van der Waals surface area (Å²) in [4.78, 5) is 10.7. The van der Waals surface area contributed by atoms with E-state index in [2.05, 4.69) is 0 Å². The summed E-state index contributed by atoms with van der Waals surface area (Å²) in [6.45, 7) is 1.57. The minimum absolute atomic E-state index is 0.0643. The summed E-state index contributed by atoms with van der Waals surface area (Å²) in [6, 6.07) is 0. The molecule has 0 saturated heterocycles. The number of hydrogen-bond acceptors (Lipinski definition) is 5. The lowest BCUT2D eigenvalue weighted by atomic mass is 10.2. The lowest BCUT2D eigenvalue weighted by Crippen LogP contribution is -2.09. The number of carbonyl (C=O) groups excluding carboxylic acids is 1. The van der Waals surface area contributed by atoms with E-state index in [1.54, 1.807) is 13.2 Å². The van der Waals surface area contributed by atoms with Gasteiger partial charge >= 0.3 is 0 Å². The Morgan fingerprint density at radius 3 is 2.60 bits per heavy atom. The molecule has 0 fully saturated rings. The molecule has 0 bridgehead atoms. The van der Waals surface area contributed by atoms with E-state index in [0.717, 1.165) is 6.08 Å². The van der Waals surface area contributed by atoms with Crippen molar-refractivity contribution in [3.05, 3.63) is 35.1 Å². The van der Waals surface area contributed by atoms with E-state index >= 15 is 0 Å². The number of ether oxygens (including phenoxy) is 4. The van der Waals surface area contributed by atoms with Crippen molar-refractivity contribution < 1.29 is 28.1 Å². The third-order valence-electron chi connectivity index (χ3n) is 2.59. The van der Waals surface area contributed by atoms with Gasteiger partial charge in [-0.3, -0.25) is 4.79 Å². The Hall–Kier alpha value is -1.66. The van der Waals surface area contributed by atoms with Crippen molar-refractivity contribution in [1.82, 2.24) is 0 Å². The quantitative estimate of drug-likeness (QED) is 0.479. The van der Waals surface area contributed by atoms with Crippen LogP contribution >= 0.6 is 0 Å². The highest BCUT2D eigenvalue weighted by Crippen LogP contribution is 2.24. The summed E-state index contributed by atoms with van der Waals surface area (Å²) >= 11 is 0. The standard InChI is InChI=1S/C14H19FO5/c1-17-5-6-19-7-8-20-14-9-12(15)11(10-16)3-4-13(14)18-2/h4,9-10H,3,5-8H2,1-2H3. The molecule has 1 rings (SSSR count). The van der Waals surface area contributed by atoms with Gasteiger partial charge in [-0.05, 0) is 6.08 Å². The lowest BCUT2D eigenvalue weighted by molar-refractivity contribution is -0.105. The Balaban J connectivity index is 2.55. The monoisotopic (exact) mass is 286 g/mol. The van der Waals surface area contributed by atoms with Crippen molar-refractivity contribution in [3.63, 3.8) is 0 Å². The molecule has 0 aromatic rings. The summed E-state index contributed by atoms with van der Waals surface area (Å²) in [5.74, 6) is 0.0321. The van der Waals surface area contributed by atoms with Crippen molar-refractivity contribution in [2.75, 3.05) is 40.6 Å². The molecule has 1 aliphatic carbocycles. The number of allylic oxidation sites excluding steroid dienone is 4. The molecule has 20 heavy (non-hydrogen) atoms. The molecule has 0 aromatic heterocycles. The van der Waals surface area contributed by atoms with Crippen LogP contribution < -0.4 is 0 Å². The van der Waals surface area contributed by atoms with Crippen molar-refractivity contribution in [3.8, 4) is 0 Å². The second-order valence-electron chi connectivity index (χ2n) is 3.93. The summed E-state index contributed by atoms with van der Waals surface area (Å²) in [5.41, 5.74) is 0.0643. The predicted octanol–water partition coefficient (Wildman–Crippen LogP) is 1.91. The van der Waals surface area contributed by atoms with Crippen molar-refractivity contribution in [2.24, 2.45) is 0 Å². The van der Waals surface area contributed by atoms with Gasteiger partial charge in [0.15, 0.2) is 11.5 Å². The van der Waals surface area contributed by atoms with Gasteiger partial charge in [-0.25, -0.2) is 4.39 Å². The highest BCUT2D eigenvalue weighted by atomic mass is 19.1. The van der Waals surface area contributed by atoms with E-state index in [4.69, 9.17) is 18.9 Å². The number of methoxy groups -OCH3 is 2. The van der Waals surface area contributed by atoms with Crippen LogP contribution in [0.2, 0.25) is 0 Å². The van der Waals surface area contributed by atoms with E-state index in [-0.39, 0.29) is 24.4 Å². The minimum atomic E-state index is -0.612. The third kappa shape index (κ3) is 5.14. The predicted molar refractivity (Wildman–Crippen MR) is 70.6 cm³/mol. The molecule has 5 nitrogen and oxygen atoms in total. The SMILES string of the molecule is COCCOCCOC1=CC(F)=C(C=O)CC=C1OC. The second kappa shape index (κ2) is 9.28. The second-order valence-corrected chi connectivity index (χ2v) is 3.93. The first-order chi connectivity index (χ1) is 9.72. The summed E-state index contributed by atoms with van der Waals surface area (Å²) in [6.07, 6.45) is 3.42. The topological polar surface area (TPSA) is 54.0 Å². The number of aldehydes is 1. The van der Waals surface area contributed by atoms with Gasteiger partial charge in [0, 0.05) is 25.2 Å². The zero-order chi connectivity index (χ0) is 14.8. The highest BCUT2D eigenvalue weighted by molar-refractivity contribution is 5.75. The molecule has 0 N–H and O–H groups in total. The van der Waals surface area contributed by atoms with Crippen molar-refractivity contribution in [2.45, 2.75) is 6.42 Å². The zero-order valence-corrected chi connectivity index (χ0v) is 11.7. The van der Waals surface area contributed by atoms with Gasteiger partial charge in [-0.15, -0.1) is 0 Å². The number of hydrogen-bond donors (Lipinski definition) is 0. The van der Waals surface area contributed by atoms with Crippen LogP contribution in [0.4, 0.5) is 4.39 Å². The van der Waals surface area contributed by atoms with Gasteiger partial charge < -0.3 is 18.9 Å². The molecule has 112 valence electrons. The van der Waals surface area contributed by atoms with E-state index < -0.39 is 5.83 Å². The molecule has 0 atom stereocenters. The van der Waals surface area contributed by atoms with Gasteiger partial charge in [0.1, 0.15) is 18.7 Å². The highest BCUT2D eigenvalue weighted by Gasteiger charge is 2.15. The Labute approximate surface area is 117 Å². The van der Waals surface area contributed by atoms with Crippen LogP contribution in [0.3, 0.4) is 0 Å². The maximum Gasteiger partial charge on any atom is 0.163 e. The fourth-order valence-corrected chi connectivity index (χ4v) is 1.54. The average molecular weight is 286 g/mol. The molecule has 0 amide bonds. The lowest BCUT2D eigenvalue weighted by Gasteiger charge is -2.12. The van der Waals surface area contributed by atoms with Crippen LogP contribution in [0.15, 0.2) is 35.1 Å². The molecule has 1 aliphatic rings. The molecule has 0 spiro atoms. The number of rotatable bonds is 9. The molecular formula is C14H19FO5. The average Bonchev–Trinajstić information content (AvgIpc) is 2.61. The molecule has 0 saturated carbocycles. The summed E-state index contributed by atoms with van der Waals surface area (Å²) in [7, 11) is 3.05. The molecule has 0 radical (unpaired) electrons. The van der Waals surface area contributed by atoms with Crippen molar-refractivity contribution in [1.29, 1.82) is 0 Å². The van der Waals surface area contributed by atoms with Gasteiger partial charge in [-0.2, -0.15) is 0 Å². The van der Waals surface area contributed by atoms with Gasteiger partial charge in [0.2, 0.25) is 0 Å². The maximum atomic E-state index is 13.7.